The molecule has 0 aromatic carbocycles. The van der Waals surface area contributed by atoms with Crippen molar-refractivity contribution >= 4 is 5.91 Å². The summed E-state index contributed by atoms with van der Waals surface area (Å²) in [5.41, 5.74) is 0. The number of amides is 1. The van der Waals surface area contributed by atoms with Gasteiger partial charge in [0.25, 0.3) is 0 Å². The van der Waals surface area contributed by atoms with Crippen LogP contribution in [-0.2, 0) is 4.79 Å². The fourth-order valence-corrected chi connectivity index (χ4v) is 4.95. The molecule has 21 heavy (non-hydrogen) atoms. The molecule has 0 radical (unpaired) electrons. The van der Waals surface area contributed by atoms with Gasteiger partial charge in [0.05, 0.1) is 0 Å². The zero-order chi connectivity index (χ0) is 14.7. The van der Waals surface area contributed by atoms with E-state index in [1.165, 1.54) is 38.5 Å². The topological polar surface area (TPSA) is 32.3 Å². The van der Waals surface area contributed by atoms with Crippen LogP contribution in [0.15, 0.2) is 0 Å². The maximum absolute atomic E-state index is 13.0. The number of nitrogens with zero attached hydrogens (tertiary/aromatic N) is 1. The molecule has 0 spiro atoms. The lowest BCUT2D eigenvalue weighted by Gasteiger charge is -2.41. The number of nitrogens with one attached hydrogen (secondary N) is 1. The number of rotatable bonds is 4. The van der Waals surface area contributed by atoms with Gasteiger partial charge in [-0.15, -0.1) is 0 Å². The van der Waals surface area contributed by atoms with Crippen molar-refractivity contribution in [3.05, 3.63) is 0 Å². The molecule has 3 fully saturated rings. The summed E-state index contributed by atoms with van der Waals surface area (Å²) >= 11 is 0. The first-order valence-electron chi connectivity index (χ1n) is 9.30. The molecule has 1 heterocycles. The normalized spacial score (nSPS) is 36.2. The van der Waals surface area contributed by atoms with E-state index in [2.05, 4.69) is 17.1 Å². The van der Waals surface area contributed by atoms with Gasteiger partial charge in [0, 0.05) is 25.0 Å². The molecule has 0 aromatic heterocycles. The molecular weight excluding hydrogens is 260 g/mol. The molecule has 120 valence electrons. The van der Waals surface area contributed by atoms with E-state index < -0.39 is 0 Å². The number of carbonyl (C=O) groups is 1. The predicted octanol–water partition coefficient (Wildman–Crippen LogP) is 3.19. The van der Waals surface area contributed by atoms with Gasteiger partial charge in [-0.1, -0.05) is 32.6 Å². The van der Waals surface area contributed by atoms with Gasteiger partial charge in [0.1, 0.15) is 0 Å². The largest absolute Gasteiger partial charge is 0.338 e. The Hall–Kier alpha value is -0.570. The average molecular weight is 292 g/mol. The molecule has 0 bridgehead atoms. The SMILES string of the molecule is CCCN(C(=O)C1CCC2CCCCC2C1)C1CCNC1. The molecule has 2 saturated carbocycles. The average Bonchev–Trinajstić information content (AvgIpc) is 3.05. The second-order valence-electron chi connectivity index (χ2n) is 7.49. The lowest BCUT2D eigenvalue weighted by molar-refractivity contribution is -0.140. The van der Waals surface area contributed by atoms with E-state index in [-0.39, 0.29) is 0 Å². The zero-order valence-corrected chi connectivity index (χ0v) is 13.7. The van der Waals surface area contributed by atoms with Crippen LogP contribution >= 0.6 is 0 Å². The standard InChI is InChI=1S/C18H32N2O/c1-2-11-20(17-9-10-19-13-17)18(21)16-8-7-14-5-3-4-6-15(14)12-16/h14-17,19H,2-13H2,1H3. The number of hydrogen-bond acceptors (Lipinski definition) is 2. The number of carbonyl (C=O) groups excluding carboxylic acids is 1. The van der Waals surface area contributed by atoms with Crippen LogP contribution in [0.5, 0.6) is 0 Å². The van der Waals surface area contributed by atoms with Crippen LogP contribution in [-0.4, -0.2) is 36.5 Å². The molecule has 0 aromatic rings. The van der Waals surface area contributed by atoms with Crippen molar-refractivity contribution in [3.8, 4) is 0 Å². The first-order chi connectivity index (χ1) is 10.3. The summed E-state index contributed by atoms with van der Waals surface area (Å²) in [6.07, 6.45) is 11.5. The summed E-state index contributed by atoms with van der Waals surface area (Å²) in [5, 5.41) is 3.42. The summed E-state index contributed by atoms with van der Waals surface area (Å²) in [6.45, 7) is 5.23. The summed E-state index contributed by atoms with van der Waals surface area (Å²) in [5.74, 6) is 2.60. The highest BCUT2D eigenvalue weighted by Crippen LogP contribution is 2.43. The van der Waals surface area contributed by atoms with Gasteiger partial charge < -0.3 is 10.2 Å². The predicted molar refractivity (Wildman–Crippen MR) is 86.1 cm³/mol. The van der Waals surface area contributed by atoms with Crippen LogP contribution in [0.3, 0.4) is 0 Å². The van der Waals surface area contributed by atoms with Crippen molar-refractivity contribution < 1.29 is 4.79 Å². The summed E-state index contributed by atoms with van der Waals surface area (Å²) in [6, 6.07) is 0.460. The Kier molecular flexibility index (Phi) is 5.20. The van der Waals surface area contributed by atoms with Crippen LogP contribution in [0.2, 0.25) is 0 Å². The third kappa shape index (κ3) is 3.44. The van der Waals surface area contributed by atoms with Crippen LogP contribution in [0.4, 0.5) is 0 Å². The monoisotopic (exact) mass is 292 g/mol. The molecule has 3 heteroatoms. The molecule has 1 N–H and O–H groups in total. The van der Waals surface area contributed by atoms with Gasteiger partial charge in [-0.2, -0.15) is 0 Å². The third-order valence-electron chi connectivity index (χ3n) is 6.11. The Balaban J connectivity index is 1.62. The zero-order valence-electron chi connectivity index (χ0n) is 13.7. The van der Waals surface area contributed by atoms with Gasteiger partial charge in [0.2, 0.25) is 5.91 Å². The van der Waals surface area contributed by atoms with Crippen LogP contribution < -0.4 is 5.32 Å². The molecule has 2 aliphatic carbocycles. The maximum Gasteiger partial charge on any atom is 0.225 e. The highest BCUT2D eigenvalue weighted by Gasteiger charge is 2.38. The third-order valence-corrected chi connectivity index (χ3v) is 6.11. The maximum atomic E-state index is 13.0. The Labute approximate surface area is 129 Å². The first-order valence-corrected chi connectivity index (χ1v) is 9.30. The molecule has 1 saturated heterocycles. The van der Waals surface area contributed by atoms with E-state index in [0.29, 0.717) is 17.9 Å². The van der Waals surface area contributed by atoms with Crippen molar-refractivity contribution in [1.82, 2.24) is 10.2 Å². The van der Waals surface area contributed by atoms with Crippen molar-refractivity contribution in [3.63, 3.8) is 0 Å². The van der Waals surface area contributed by atoms with Gasteiger partial charge >= 0.3 is 0 Å². The summed E-state index contributed by atoms with van der Waals surface area (Å²) in [4.78, 5) is 15.3. The fraction of sp³-hybridized carbons (Fsp3) is 0.944. The Bertz CT molecular complexity index is 351. The molecule has 3 rings (SSSR count). The van der Waals surface area contributed by atoms with Gasteiger partial charge in [-0.25, -0.2) is 0 Å². The van der Waals surface area contributed by atoms with Crippen molar-refractivity contribution in [2.45, 2.75) is 70.8 Å². The lowest BCUT2D eigenvalue weighted by Crippen LogP contribution is -2.46. The molecule has 1 aliphatic heterocycles. The Morgan fingerprint density at radius 1 is 1.10 bits per heavy atom. The van der Waals surface area contributed by atoms with Gasteiger partial charge in [0.15, 0.2) is 0 Å². The molecule has 3 aliphatic rings. The summed E-state index contributed by atoms with van der Waals surface area (Å²) in [7, 11) is 0. The Morgan fingerprint density at radius 3 is 2.62 bits per heavy atom. The van der Waals surface area contributed by atoms with Crippen molar-refractivity contribution in [2.75, 3.05) is 19.6 Å². The van der Waals surface area contributed by atoms with Crippen molar-refractivity contribution in [1.29, 1.82) is 0 Å². The van der Waals surface area contributed by atoms with Crippen LogP contribution in [0.1, 0.15) is 64.7 Å². The molecule has 1 amide bonds. The van der Waals surface area contributed by atoms with E-state index in [0.717, 1.165) is 50.7 Å². The minimum absolute atomic E-state index is 0.330. The quantitative estimate of drug-likeness (QED) is 0.863. The second kappa shape index (κ2) is 7.13. The molecule has 3 nitrogen and oxygen atoms in total. The highest BCUT2D eigenvalue weighted by molar-refractivity contribution is 5.79. The molecule has 4 atom stereocenters. The Morgan fingerprint density at radius 2 is 1.90 bits per heavy atom. The van der Waals surface area contributed by atoms with E-state index in [1.54, 1.807) is 0 Å². The van der Waals surface area contributed by atoms with Gasteiger partial charge in [-0.3, -0.25) is 4.79 Å². The highest BCUT2D eigenvalue weighted by atomic mass is 16.2. The molecule has 4 unspecified atom stereocenters. The van der Waals surface area contributed by atoms with Crippen LogP contribution in [0.25, 0.3) is 0 Å². The van der Waals surface area contributed by atoms with Crippen molar-refractivity contribution in [2.24, 2.45) is 17.8 Å². The van der Waals surface area contributed by atoms with Gasteiger partial charge in [-0.05, 0) is 50.5 Å². The lowest BCUT2D eigenvalue weighted by atomic mass is 9.67. The minimum Gasteiger partial charge on any atom is -0.338 e. The number of fused-ring (bicyclic) bond motifs is 1. The van der Waals surface area contributed by atoms with E-state index in [9.17, 15) is 4.79 Å². The minimum atomic E-state index is 0.330. The smallest absolute Gasteiger partial charge is 0.225 e. The van der Waals surface area contributed by atoms with E-state index in [4.69, 9.17) is 0 Å². The van der Waals surface area contributed by atoms with E-state index >= 15 is 0 Å². The first kappa shape index (κ1) is 15.3. The number of hydrogen-bond donors (Lipinski definition) is 1. The van der Waals surface area contributed by atoms with Crippen LogP contribution in [0, 0.1) is 17.8 Å². The second-order valence-corrected chi connectivity index (χ2v) is 7.49. The van der Waals surface area contributed by atoms with E-state index in [1.807, 2.05) is 0 Å². The fourth-order valence-electron chi connectivity index (χ4n) is 4.95. The summed E-state index contributed by atoms with van der Waals surface area (Å²) < 4.78 is 0. The molecular formula is C18H32N2O.